The number of hydrogen-bond acceptors (Lipinski definition) is 3. The van der Waals surface area contributed by atoms with Crippen molar-refractivity contribution in [1.29, 1.82) is 0 Å². The summed E-state index contributed by atoms with van der Waals surface area (Å²) < 4.78 is 0. The number of aromatic nitrogens is 1. The number of halogens is 1. The van der Waals surface area contributed by atoms with Crippen LogP contribution in [0.1, 0.15) is 4.88 Å². The molecule has 0 aliphatic heterocycles. The van der Waals surface area contributed by atoms with Gasteiger partial charge in [0.15, 0.2) is 0 Å². The van der Waals surface area contributed by atoms with Gasteiger partial charge in [-0.1, -0.05) is 6.07 Å². The van der Waals surface area contributed by atoms with Gasteiger partial charge in [0.25, 0.3) is 0 Å². The van der Waals surface area contributed by atoms with Crippen molar-refractivity contribution >= 4 is 34.3 Å². The maximum atomic E-state index is 5.68. The Hall–Kier alpha value is -0.380. The van der Waals surface area contributed by atoms with Gasteiger partial charge in [-0.25, -0.2) is 4.98 Å². The second-order valence-electron chi connectivity index (χ2n) is 2.24. The van der Waals surface area contributed by atoms with E-state index in [2.05, 4.69) is 16.4 Å². The number of rotatable bonds is 2. The van der Waals surface area contributed by atoms with Gasteiger partial charge in [-0.2, -0.15) is 0 Å². The molecule has 0 spiro atoms. The summed E-state index contributed by atoms with van der Waals surface area (Å²) in [6.07, 6.45) is 1.84. The fraction of sp³-hybridized carbons (Fsp3) is 0.125. The van der Waals surface area contributed by atoms with Crippen LogP contribution in [0.2, 0.25) is 0 Å². The third-order valence-corrected chi connectivity index (χ3v) is 3.90. The molecule has 0 radical (unpaired) electrons. The van der Waals surface area contributed by atoms with E-state index in [9.17, 15) is 0 Å². The van der Waals surface area contributed by atoms with Crippen molar-refractivity contribution in [2.45, 2.75) is 5.88 Å². The van der Waals surface area contributed by atoms with E-state index >= 15 is 0 Å². The van der Waals surface area contributed by atoms with Crippen molar-refractivity contribution in [3.8, 4) is 9.88 Å². The van der Waals surface area contributed by atoms with Crippen LogP contribution in [0.25, 0.3) is 9.88 Å². The molecule has 0 N–H and O–H groups in total. The van der Waals surface area contributed by atoms with E-state index in [0.717, 1.165) is 9.88 Å². The van der Waals surface area contributed by atoms with Gasteiger partial charge in [-0.05, 0) is 11.4 Å². The zero-order valence-electron chi connectivity index (χ0n) is 6.16. The molecule has 0 aromatic carbocycles. The molecule has 2 aromatic rings. The van der Waals surface area contributed by atoms with Crippen LogP contribution >= 0.6 is 34.3 Å². The molecule has 0 amide bonds. The molecule has 0 atom stereocenters. The van der Waals surface area contributed by atoms with Crippen LogP contribution in [-0.4, -0.2) is 4.98 Å². The normalized spacial score (nSPS) is 10.4. The predicted molar refractivity (Wildman–Crippen MR) is 55.0 cm³/mol. The molecule has 0 fully saturated rings. The Balaban J connectivity index is 2.35. The van der Waals surface area contributed by atoms with Crippen LogP contribution in [0, 0.1) is 0 Å². The minimum absolute atomic E-state index is 0.559. The van der Waals surface area contributed by atoms with E-state index in [1.165, 1.54) is 4.88 Å². The molecule has 4 heteroatoms. The fourth-order valence-electron chi connectivity index (χ4n) is 0.883. The average molecular weight is 216 g/mol. The summed E-state index contributed by atoms with van der Waals surface area (Å²) in [5, 5.41) is 3.12. The maximum absolute atomic E-state index is 5.68. The Morgan fingerprint density at radius 1 is 1.50 bits per heavy atom. The lowest BCUT2D eigenvalue weighted by molar-refractivity contribution is 1.37. The Morgan fingerprint density at radius 3 is 3.00 bits per heavy atom. The highest BCUT2D eigenvalue weighted by Crippen LogP contribution is 2.29. The van der Waals surface area contributed by atoms with Crippen LogP contribution in [0.15, 0.2) is 23.7 Å². The Morgan fingerprint density at radius 2 is 2.42 bits per heavy atom. The molecule has 2 aromatic heterocycles. The number of alkyl halides is 1. The minimum Gasteiger partial charge on any atom is -0.243 e. The van der Waals surface area contributed by atoms with Gasteiger partial charge in [0.05, 0.1) is 10.8 Å². The van der Waals surface area contributed by atoms with E-state index in [4.69, 9.17) is 11.6 Å². The van der Waals surface area contributed by atoms with Crippen molar-refractivity contribution in [1.82, 2.24) is 4.98 Å². The SMILES string of the molecule is ClCc1cnc(-c2cccs2)s1. The van der Waals surface area contributed by atoms with E-state index < -0.39 is 0 Å². The van der Waals surface area contributed by atoms with Gasteiger partial charge >= 0.3 is 0 Å². The first-order valence-corrected chi connectivity index (χ1v) is 5.68. The molecule has 0 bridgehead atoms. The summed E-state index contributed by atoms with van der Waals surface area (Å²) >= 11 is 9.04. The molecular formula is C8H6ClNS2. The van der Waals surface area contributed by atoms with Crippen molar-refractivity contribution in [3.63, 3.8) is 0 Å². The lowest BCUT2D eigenvalue weighted by Crippen LogP contribution is -1.63. The molecule has 1 nitrogen and oxygen atoms in total. The number of nitrogens with zero attached hydrogens (tertiary/aromatic N) is 1. The number of hydrogen-bond donors (Lipinski definition) is 0. The zero-order valence-corrected chi connectivity index (χ0v) is 8.55. The number of thiophene rings is 1. The first-order valence-electron chi connectivity index (χ1n) is 3.44. The largest absolute Gasteiger partial charge is 0.243 e. The summed E-state index contributed by atoms with van der Waals surface area (Å²) in [5.41, 5.74) is 0. The van der Waals surface area contributed by atoms with Crippen LogP contribution in [0.4, 0.5) is 0 Å². The van der Waals surface area contributed by atoms with Gasteiger partial charge < -0.3 is 0 Å². The highest BCUT2D eigenvalue weighted by Gasteiger charge is 2.03. The summed E-state index contributed by atoms with van der Waals surface area (Å²) in [5.74, 6) is 0.559. The third kappa shape index (κ3) is 1.53. The molecule has 2 rings (SSSR count). The van der Waals surface area contributed by atoms with Gasteiger partial charge in [0.2, 0.25) is 0 Å². The molecule has 0 saturated carbocycles. The van der Waals surface area contributed by atoms with E-state index in [-0.39, 0.29) is 0 Å². The van der Waals surface area contributed by atoms with E-state index in [0.29, 0.717) is 5.88 Å². The summed E-state index contributed by atoms with van der Waals surface area (Å²) in [7, 11) is 0. The Labute approximate surface area is 83.7 Å². The third-order valence-electron chi connectivity index (χ3n) is 1.42. The number of thiazole rings is 1. The Bertz CT molecular complexity index is 353. The predicted octanol–water partition coefficient (Wildman–Crippen LogP) is 3.61. The molecule has 0 aliphatic rings. The van der Waals surface area contributed by atoms with Crippen molar-refractivity contribution < 1.29 is 0 Å². The van der Waals surface area contributed by atoms with Gasteiger partial charge in [0, 0.05) is 11.1 Å². The molecule has 12 heavy (non-hydrogen) atoms. The summed E-state index contributed by atoms with van der Waals surface area (Å²) in [4.78, 5) is 6.62. The molecular weight excluding hydrogens is 210 g/mol. The molecule has 0 unspecified atom stereocenters. The van der Waals surface area contributed by atoms with Crippen molar-refractivity contribution in [2.75, 3.05) is 0 Å². The van der Waals surface area contributed by atoms with E-state index in [1.807, 2.05) is 12.3 Å². The fourth-order valence-corrected chi connectivity index (χ4v) is 2.68. The average Bonchev–Trinajstić information content (AvgIpc) is 2.75. The quantitative estimate of drug-likeness (QED) is 0.698. The molecule has 0 saturated heterocycles. The van der Waals surface area contributed by atoms with Crippen LogP contribution in [0.5, 0.6) is 0 Å². The van der Waals surface area contributed by atoms with Crippen molar-refractivity contribution in [2.24, 2.45) is 0 Å². The lowest BCUT2D eigenvalue weighted by atomic mass is 10.5. The van der Waals surface area contributed by atoms with Gasteiger partial charge in [0.1, 0.15) is 5.01 Å². The molecule has 0 aliphatic carbocycles. The maximum Gasteiger partial charge on any atom is 0.133 e. The second-order valence-corrected chi connectivity index (χ2v) is 4.57. The zero-order chi connectivity index (χ0) is 8.39. The molecule has 62 valence electrons. The molecule has 2 heterocycles. The standard InChI is InChI=1S/C8H6ClNS2/c9-4-6-5-10-8(12-6)7-2-1-3-11-7/h1-3,5H,4H2. The Kier molecular flexibility index (Phi) is 2.44. The second kappa shape index (κ2) is 3.56. The minimum atomic E-state index is 0.559. The monoisotopic (exact) mass is 215 g/mol. The van der Waals surface area contributed by atoms with E-state index in [1.54, 1.807) is 22.7 Å². The van der Waals surface area contributed by atoms with Crippen LogP contribution in [-0.2, 0) is 5.88 Å². The smallest absolute Gasteiger partial charge is 0.133 e. The summed E-state index contributed by atoms with van der Waals surface area (Å²) in [6, 6.07) is 4.10. The van der Waals surface area contributed by atoms with Gasteiger partial charge in [-0.3, -0.25) is 0 Å². The van der Waals surface area contributed by atoms with Crippen molar-refractivity contribution in [3.05, 3.63) is 28.6 Å². The van der Waals surface area contributed by atoms with Gasteiger partial charge in [-0.15, -0.1) is 34.3 Å². The van der Waals surface area contributed by atoms with Crippen LogP contribution in [0.3, 0.4) is 0 Å². The lowest BCUT2D eigenvalue weighted by Gasteiger charge is -1.85. The first-order chi connectivity index (χ1) is 5.90. The van der Waals surface area contributed by atoms with Crippen LogP contribution < -0.4 is 0 Å². The first kappa shape index (κ1) is 8.23. The topological polar surface area (TPSA) is 12.9 Å². The highest BCUT2D eigenvalue weighted by atomic mass is 35.5. The highest BCUT2D eigenvalue weighted by molar-refractivity contribution is 7.21. The summed E-state index contributed by atoms with van der Waals surface area (Å²) in [6.45, 7) is 0.